The molecule has 0 amide bonds. The average molecular weight is 425 g/mol. The lowest BCUT2D eigenvalue weighted by Gasteiger charge is -2.01. The molecular formula is C28H24S2. The number of rotatable bonds is 0. The predicted molar refractivity (Wildman–Crippen MR) is 138 cm³/mol. The van der Waals surface area contributed by atoms with Crippen molar-refractivity contribution in [2.24, 2.45) is 0 Å². The van der Waals surface area contributed by atoms with Crippen LogP contribution in [0.15, 0.2) is 72.8 Å². The third-order valence-corrected chi connectivity index (χ3v) is 8.42. The van der Waals surface area contributed by atoms with E-state index in [4.69, 9.17) is 0 Å². The summed E-state index contributed by atoms with van der Waals surface area (Å²) in [5, 5.41) is 5.68. The van der Waals surface area contributed by atoms with Crippen molar-refractivity contribution >= 4 is 63.0 Å². The van der Waals surface area contributed by atoms with Gasteiger partial charge in [-0.05, 0) is 74.2 Å². The van der Waals surface area contributed by atoms with Crippen molar-refractivity contribution in [1.82, 2.24) is 0 Å². The van der Waals surface area contributed by atoms with Crippen molar-refractivity contribution in [2.75, 3.05) is 0 Å². The van der Waals surface area contributed by atoms with Gasteiger partial charge in [0, 0.05) is 40.3 Å². The Hall–Kier alpha value is -2.68. The first-order valence-corrected chi connectivity index (χ1v) is 11.9. The van der Waals surface area contributed by atoms with Crippen molar-refractivity contribution < 1.29 is 0 Å². The molecule has 0 unspecified atom stereocenters. The second-order valence-electron chi connectivity index (χ2n) is 7.96. The van der Waals surface area contributed by atoms with Crippen LogP contribution >= 0.6 is 22.7 Å². The Morgan fingerprint density at radius 3 is 1.27 bits per heavy atom. The number of aryl methyl sites for hydroxylation is 4. The summed E-state index contributed by atoms with van der Waals surface area (Å²) < 4.78 is 5.58. The Morgan fingerprint density at radius 1 is 0.433 bits per heavy atom. The van der Waals surface area contributed by atoms with Crippen molar-refractivity contribution in [3.63, 3.8) is 0 Å². The van der Waals surface area contributed by atoms with E-state index in [-0.39, 0.29) is 0 Å². The maximum atomic E-state index is 2.24. The van der Waals surface area contributed by atoms with Gasteiger partial charge in [0.1, 0.15) is 0 Å². The van der Waals surface area contributed by atoms with Gasteiger partial charge in [0.25, 0.3) is 0 Å². The van der Waals surface area contributed by atoms with Gasteiger partial charge in [0.2, 0.25) is 0 Å². The van der Waals surface area contributed by atoms with Crippen LogP contribution in [0, 0.1) is 27.7 Å². The van der Waals surface area contributed by atoms with Crippen molar-refractivity contribution in [2.45, 2.75) is 27.7 Å². The minimum atomic E-state index is 1.38. The molecule has 0 aliphatic heterocycles. The number of thiophene rings is 2. The van der Waals surface area contributed by atoms with Gasteiger partial charge in [-0.2, -0.15) is 0 Å². The van der Waals surface area contributed by atoms with Crippen LogP contribution in [0.3, 0.4) is 0 Å². The minimum absolute atomic E-state index is 1.38. The van der Waals surface area contributed by atoms with Gasteiger partial charge >= 0.3 is 0 Å². The van der Waals surface area contributed by atoms with Crippen LogP contribution in [0.2, 0.25) is 0 Å². The highest BCUT2D eigenvalue weighted by molar-refractivity contribution is 7.26. The quantitative estimate of drug-likeness (QED) is 0.228. The Morgan fingerprint density at radius 2 is 0.833 bits per heavy atom. The lowest BCUT2D eigenvalue weighted by Crippen LogP contribution is -1.79. The molecule has 0 radical (unpaired) electrons. The molecule has 0 nitrogen and oxygen atoms in total. The first-order chi connectivity index (χ1) is 14.5. The van der Waals surface area contributed by atoms with Crippen LogP contribution in [0.4, 0.5) is 0 Å². The molecule has 2 heteroatoms. The summed E-state index contributed by atoms with van der Waals surface area (Å²) in [4.78, 5) is 0. The van der Waals surface area contributed by atoms with Gasteiger partial charge < -0.3 is 0 Å². The van der Waals surface area contributed by atoms with Gasteiger partial charge in [-0.3, -0.25) is 0 Å². The van der Waals surface area contributed by atoms with Gasteiger partial charge in [-0.1, -0.05) is 48.5 Å². The number of fused-ring (bicyclic) bond motifs is 6. The standard InChI is InChI=1S/2C14H12S/c2*1-9-7-8-13-14(10(9)2)11-5-3-4-6-12(11)15-13/h2*3-8H,1-2H3. The molecule has 0 N–H and O–H groups in total. The molecule has 30 heavy (non-hydrogen) atoms. The van der Waals surface area contributed by atoms with E-state index in [9.17, 15) is 0 Å². The molecule has 2 heterocycles. The molecule has 4 aromatic carbocycles. The van der Waals surface area contributed by atoms with Crippen molar-refractivity contribution in [1.29, 1.82) is 0 Å². The Kier molecular flexibility index (Phi) is 4.85. The van der Waals surface area contributed by atoms with Gasteiger partial charge in [0.15, 0.2) is 0 Å². The lowest BCUT2D eigenvalue weighted by atomic mass is 10.0. The number of hydrogen-bond donors (Lipinski definition) is 0. The third kappa shape index (κ3) is 3.12. The smallest absolute Gasteiger partial charge is 0.0358 e. The first kappa shape index (κ1) is 19.3. The molecule has 0 aliphatic rings. The van der Waals surface area contributed by atoms with E-state index in [2.05, 4.69) is 100 Å². The van der Waals surface area contributed by atoms with E-state index in [1.807, 2.05) is 22.7 Å². The van der Waals surface area contributed by atoms with Crippen LogP contribution in [-0.4, -0.2) is 0 Å². The molecular weight excluding hydrogens is 400 g/mol. The van der Waals surface area contributed by atoms with Crippen LogP contribution < -0.4 is 0 Å². The van der Waals surface area contributed by atoms with Gasteiger partial charge in [0.05, 0.1) is 0 Å². The zero-order valence-electron chi connectivity index (χ0n) is 17.7. The highest BCUT2D eigenvalue weighted by Gasteiger charge is 2.08. The first-order valence-electron chi connectivity index (χ1n) is 10.3. The fourth-order valence-electron chi connectivity index (χ4n) is 4.18. The molecule has 0 saturated carbocycles. The van der Waals surface area contributed by atoms with E-state index in [1.54, 1.807) is 0 Å². The maximum absolute atomic E-state index is 2.24. The predicted octanol–water partition coefficient (Wildman–Crippen LogP) is 9.34. The highest BCUT2D eigenvalue weighted by atomic mass is 32.1. The molecule has 2 aromatic heterocycles. The third-order valence-electron chi connectivity index (χ3n) is 6.15. The summed E-state index contributed by atoms with van der Waals surface area (Å²) in [5.74, 6) is 0. The summed E-state index contributed by atoms with van der Waals surface area (Å²) in [6, 6.07) is 26.2. The summed E-state index contributed by atoms with van der Waals surface area (Å²) in [5.41, 5.74) is 5.60. The number of hydrogen-bond acceptors (Lipinski definition) is 2. The summed E-state index contributed by atoms with van der Waals surface area (Å²) in [6.45, 7) is 8.80. The Balaban J connectivity index is 0.000000128. The fraction of sp³-hybridized carbons (Fsp3) is 0.143. The zero-order chi connectivity index (χ0) is 20.8. The second-order valence-corrected chi connectivity index (χ2v) is 10.1. The lowest BCUT2D eigenvalue weighted by molar-refractivity contribution is 1.39. The summed E-state index contributed by atoms with van der Waals surface area (Å²) >= 11 is 3.77. The van der Waals surface area contributed by atoms with E-state index in [0.29, 0.717) is 0 Å². The van der Waals surface area contributed by atoms with Crippen LogP contribution in [0.25, 0.3) is 40.3 Å². The van der Waals surface area contributed by atoms with E-state index >= 15 is 0 Å². The Labute approximate surface area is 185 Å². The van der Waals surface area contributed by atoms with E-state index in [1.165, 1.54) is 62.6 Å². The van der Waals surface area contributed by atoms with Gasteiger partial charge in [-0.15, -0.1) is 22.7 Å². The van der Waals surface area contributed by atoms with E-state index in [0.717, 1.165) is 0 Å². The maximum Gasteiger partial charge on any atom is 0.0358 e. The van der Waals surface area contributed by atoms with Crippen LogP contribution in [0.1, 0.15) is 22.3 Å². The van der Waals surface area contributed by atoms with Crippen LogP contribution in [-0.2, 0) is 0 Å². The van der Waals surface area contributed by atoms with Gasteiger partial charge in [-0.25, -0.2) is 0 Å². The normalized spacial score (nSPS) is 11.3. The highest BCUT2D eigenvalue weighted by Crippen LogP contribution is 2.37. The van der Waals surface area contributed by atoms with Crippen molar-refractivity contribution in [3.05, 3.63) is 95.1 Å². The molecule has 0 spiro atoms. The zero-order valence-corrected chi connectivity index (χ0v) is 19.4. The largest absolute Gasteiger partial charge is 0.135 e. The molecule has 0 saturated heterocycles. The van der Waals surface area contributed by atoms with Crippen molar-refractivity contribution in [3.8, 4) is 0 Å². The summed E-state index contributed by atoms with van der Waals surface area (Å²) in [7, 11) is 0. The van der Waals surface area contributed by atoms with E-state index < -0.39 is 0 Å². The molecule has 0 bridgehead atoms. The molecule has 148 valence electrons. The molecule has 0 fully saturated rings. The monoisotopic (exact) mass is 424 g/mol. The SMILES string of the molecule is Cc1ccc2sc3ccccc3c2c1C.Cc1ccc2sc3ccccc3c2c1C. The fourth-order valence-corrected chi connectivity index (χ4v) is 6.51. The Bertz CT molecular complexity index is 1410. The second kappa shape index (κ2) is 7.54. The molecule has 6 aromatic rings. The van der Waals surface area contributed by atoms with Crippen LogP contribution in [0.5, 0.6) is 0 Å². The summed E-state index contributed by atoms with van der Waals surface area (Å²) in [6.07, 6.45) is 0. The minimum Gasteiger partial charge on any atom is -0.135 e. The average Bonchev–Trinajstić information content (AvgIpc) is 3.33. The molecule has 6 rings (SSSR count). The topological polar surface area (TPSA) is 0 Å². The number of benzene rings is 4. The molecule has 0 atom stereocenters. The molecule has 0 aliphatic carbocycles.